The Bertz CT molecular complexity index is 797. The second-order valence-corrected chi connectivity index (χ2v) is 6.31. The standard InChI is InChI=1S/C17H20FN5O3/c1-13-16(23(25)26)10-19-22(13)12-17(24)21-8-6-20(7-9-21)11-14-2-4-15(18)5-3-14/h2-5,10H,6-9,11-12H2,1H3. The molecule has 3 rings (SSSR count). The number of hydrogen-bond donors (Lipinski definition) is 0. The van der Waals surface area contributed by atoms with Crippen molar-refractivity contribution >= 4 is 11.6 Å². The van der Waals surface area contributed by atoms with Crippen LogP contribution in [0.1, 0.15) is 11.3 Å². The maximum absolute atomic E-state index is 13.0. The number of amides is 1. The largest absolute Gasteiger partial charge is 0.339 e. The molecule has 1 aromatic carbocycles. The first-order valence-electron chi connectivity index (χ1n) is 8.35. The van der Waals surface area contributed by atoms with Crippen molar-refractivity contribution in [3.8, 4) is 0 Å². The Labute approximate surface area is 150 Å². The van der Waals surface area contributed by atoms with E-state index in [9.17, 15) is 19.3 Å². The summed E-state index contributed by atoms with van der Waals surface area (Å²) in [5.74, 6) is -0.356. The Morgan fingerprint density at radius 3 is 2.46 bits per heavy atom. The van der Waals surface area contributed by atoms with Crippen molar-refractivity contribution in [3.63, 3.8) is 0 Å². The molecular weight excluding hydrogens is 341 g/mol. The number of benzene rings is 1. The highest BCUT2D eigenvalue weighted by Crippen LogP contribution is 2.16. The topological polar surface area (TPSA) is 84.5 Å². The Morgan fingerprint density at radius 1 is 1.23 bits per heavy atom. The van der Waals surface area contributed by atoms with Crippen LogP contribution in [0.3, 0.4) is 0 Å². The zero-order valence-electron chi connectivity index (χ0n) is 14.5. The van der Waals surface area contributed by atoms with Crippen molar-refractivity contribution in [2.45, 2.75) is 20.0 Å². The molecule has 0 radical (unpaired) electrons. The van der Waals surface area contributed by atoms with E-state index in [0.29, 0.717) is 25.3 Å². The first-order valence-corrected chi connectivity index (χ1v) is 8.35. The lowest BCUT2D eigenvalue weighted by Crippen LogP contribution is -2.49. The van der Waals surface area contributed by atoms with E-state index in [1.54, 1.807) is 24.0 Å². The molecule has 1 aliphatic rings. The zero-order chi connectivity index (χ0) is 18.7. The zero-order valence-corrected chi connectivity index (χ0v) is 14.5. The van der Waals surface area contributed by atoms with E-state index in [4.69, 9.17) is 0 Å². The van der Waals surface area contributed by atoms with Gasteiger partial charge in [0.25, 0.3) is 0 Å². The summed E-state index contributed by atoms with van der Waals surface area (Å²) in [7, 11) is 0. The van der Waals surface area contributed by atoms with Crippen molar-refractivity contribution in [1.29, 1.82) is 0 Å². The van der Waals surface area contributed by atoms with E-state index in [0.717, 1.165) is 18.7 Å². The molecule has 8 nitrogen and oxygen atoms in total. The van der Waals surface area contributed by atoms with Crippen LogP contribution in [-0.2, 0) is 17.9 Å². The van der Waals surface area contributed by atoms with Crippen molar-refractivity contribution in [2.75, 3.05) is 26.2 Å². The second-order valence-electron chi connectivity index (χ2n) is 6.31. The van der Waals surface area contributed by atoms with E-state index in [2.05, 4.69) is 10.00 Å². The van der Waals surface area contributed by atoms with Crippen molar-refractivity contribution < 1.29 is 14.1 Å². The molecule has 1 amide bonds. The Morgan fingerprint density at radius 2 is 1.88 bits per heavy atom. The van der Waals surface area contributed by atoms with Crippen LogP contribution in [0.5, 0.6) is 0 Å². The van der Waals surface area contributed by atoms with Gasteiger partial charge in [0.15, 0.2) is 0 Å². The summed E-state index contributed by atoms with van der Waals surface area (Å²) in [6.45, 7) is 4.91. The molecule has 0 bridgehead atoms. The maximum atomic E-state index is 13.0. The van der Waals surface area contributed by atoms with Crippen molar-refractivity contribution in [3.05, 3.63) is 57.7 Å². The van der Waals surface area contributed by atoms with Gasteiger partial charge in [-0.3, -0.25) is 24.5 Å². The predicted molar refractivity (Wildman–Crippen MR) is 91.9 cm³/mol. The van der Waals surface area contributed by atoms with E-state index < -0.39 is 4.92 Å². The lowest BCUT2D eigenvalue weighted by atomic mass is 10.2. The van der Waals surface area contributed by atoms with Crippen LogP contribution in [0.4, 0.5) is 10.1 Å². The summed E-state index contributed by atoms with van der Waals surface area (Å²) in [6, 6.07) is 6.42. The van der Waals surface area contributed by atoms with Gasteiger partial charge in [-0.15, -0.1) is 0 Å². The predicted octanol–water partition coefficient (Wildman–Crippen LogP) is 1.58. The highest BCUT2D eigenvalue weighted by molar-refractivity contribution is 5.76. The van der Waals surface area contributed by atoms with Gasteiger partial charge in [-0.2, -0.15) is 5.10 Å². The van der Waals surface area contributed by atoms with Crippen molar-refractivity contribution in [1.82, 2.24) is 19.6 Å². The highest BCUT2D eigenvalue weighted by atomic mass is 19.1. The van der Waals surface area contributed by atoms with Crippen LogP contribution in [0.25, 0.3) is 0 Å². The number of piperazine rings is 1. The smallest absolute Gasteiger partial charge is 0.309 e. The first kappa shape index (κ1) is 18.0. The molecule has 2 heterocycles. The second kappa shape index (κ2) is 7.61. The van der Waals surface area contributed by atoms with Crippen LogP contribution in [0, 0.1) is 22.9 Å². The van der Waals surface area contributed by atoms with E-state index in [1.165, 1.54) is 23.0 Å². The van der Waals surface area contributed by atoms with Gasteiger partial charge in [0.1, 0.15) is 24.3 Å². The average Bonchev–Trinajstić information content (AvgIpc) is 2.98. The molecule has 0 aliphatic carbocycles. The third-order valence-corrected chi connectivity index (χ3v) is 4.60. The van der Waals surface area contributed by atoms with Gasteiger partial charge in [-0.1, -0.05) is 12.1 Å². The number of carbonyl (C=O) groups is 1. The average molecular weight is 361 g/mol. The van der Waals surface area contributed by atoms with Gasteiger partial charge < -0.3 is 4.90 Å². The molecule has 1 saturated heterocycles. The Hall–Kier alpha value is -2.81. The van der Waals surface area contributed by atoms with Gasteiger partial charge in [-0.05, 0) is 24.6 Å². The lowest BCUT2D eigenvalue weighted by Gasteiger charge is -2.34. The Balaban J connectivity index is 1.52. The van der Waals surface area contributed by atoms with Crippen LogP contribution in [0.2, 0.25) is 0 Å². The lowest BCUT2D eigenvalue weighted by molar-refractivity contribution is -0.385. The number of hydrogen-bond acceptors (Lipinski definition) is 5. The molecule has 138 valence electrons. The van der Waals surface area contributed by atoms with Crippen LogP contribution >= 0.6 is 0 Å². The molecule has 9 heteroatoms. The molecule has 0 unspecified atom stereocenters. The minimum atomic E-state index is -0.502. The summed E-state index contributed by atoms with van der Waals surface area (Å²) in [5.41, 5.74) is 1.32. The molecule has 0 saturated carbocycles. The summed E-state index contributed by atoms with van der Waals surface area (Å²) >= 11 is 0. The quantitative estimate of drug-likeness (QED) is 0.596. The normalized spacial score (nSPS) is 15.2. The number of rotatable bonds is 5. The van der Waals surface area contributed by atoms with Crippen LogP contribution < -0.4 is 0 Å². The molecule has 0 N–H and O–H groups in total. The van der Waals surface area contributed by atoms with Gasteiger partial charge in [-0.25, -0.2) is 4.39 Å². The number of halogens is 1. The molecule has 1 aliphatic heterocycles. The van der Waals surface area contributed by atoms with Gasteiger partial charge in [0, 0.05) is 32.7 Å². The van der Waals surface area contributed by atoms with Gasteiger partial charge in [0.05, 0.1) is 4.92 Å². The molecule has 0 spiro atoms. The number of nitro groups is 1. The van der Waals surface area contributed by atoms with E-state index >= 15 is 0 Å². The monoisotopic (exact) mass is 361 g/mol. The van der Waals surface area contributed by atoms with Crippen LogP contribution in [-0.4, -0.2) is 56.6 Å². The number of carbonyl (C=O) groups excluding carboxylic acids is 1. The highest BCUT2D eigenvalue weighted by Gasteiger charge is 2.23. The summed E-state index contributed by atoms with van der Waals surface area (Å²) < 4.78 is 14.3. The molecule has 0 atom stereocenters. The summed E-state index contributed by atoms with van der Waals surface area (Å²) in [6.07, 6.45) is 1.17. The maximum Gasteiger partial charge on any atom is 0.309 e. The fourth-order valence-corrected chi connectivity index (χ4v) is 3.01. The molecule has 26 heavy (non-hydrogen) atoms. The van der Waals surface area contributed by atoms with E-state index in [1.807, 2.05) is 0 Å². The summed E-state index contributed by atoms with van der Waals surface area (Å²) in [5, 5.41) is 14.8. The van der Waals surface area contributed by atoms with Crippen molar-refractivity contribution in [2.24, 2.45) is 0 Å². The fourth-order valence-electron chi connectivity index (χ4n) is 3.01. The SMILES string of the molecule is Cc1c([N+](=O)[O-])cnn1CC(=O)N1CCN(Cc2ccc(F)cc2)CC1. The summed E-state index contributed by atoms with van der Waals surface area (Å²) in [4.78, 5) is 26.7. The fraction of sp³-hybridized carbons (Fsp3) is 0.412. The number of aromatic nitrogens is 2. The minimum absolute atomic E-state index is 0.00235. The van der Waals surface area contributed by atoms with Gasteiger partial charge in [0.2, 0.25) is 5.91 Å². The number of nitrogens with zero attached hydrogens (tertiary/aromatic N) is 5. The third kappa shape index (κ3) is 4.05. The van der Waals surface area contributed by atoms with E-state index in [-0.39, 0.29) is 24.0 Å². The third-order valence-electron chi connectivity index (χ3n) is 4.60. The minimum Gasteiger partial charge on any atom is -0.339 e. The molecular formula is C17H20FN5O3. The molecule has 2 aromatic rings. The van der Waals surface area contributed by atoms with Crippen LogP contribution in [0.15, 0.2) is 30.5 Å². The molecule has 1 fully saturated rings. The van der Waals surface area contributed by atoms with Gasteiger partial charge >= 0.3 is 5.69 Å². The Kier molecular flexibility index (Phi) is 5.27. The first-order chi connectivity index (χ1) is 12.4. The molecule has 1 aromatic heterocycles.